The molecule has 0 aliphatic rings. The third-order valence-electron chi connectivity index (χ3n) is 4.13. The third-order valence-corrected chi connectivity index (χ3v) is 4.72. The molecule has 7 nitrogen and oxygen atoms in total. The van der Waals surface area contributed by atoms with Gasteiger partial charge in [-0.25, -0.2) is 18.4 Å². The van der Waals surface area contributed by atoms with Gasteiger partial charge in [0.1, 0.15) is 23.2 Å². The van der Waals surface area contributed by atoms with E-state index in [1.807, 2.05) is 39.0 Å². The second kappa shape index (κ2) is 7.89. The summed E-state index contributed by atoms with van der Waals surface area (Å²) in [6.07, 6.45) is 2.61. The number of aromatic nitrogens is 2. The molecule has 1 aromatic carbocycles. The summed E-state index contributed by atoms with van der Waals surface area (Å²) in [5.74, 6) is 0.752. The van der Waals surface area contributed by atoms with E-state index >= 15 is 0 Å². The summed E-state index contributed by atoms with van der Waals surface area (Å²) < 4.78 is 32.1. The fourth-order valence-corrected chi connectivity index (χ4v) is 3.55. The van der Waals surface area contributed by atoms with Crippen LogP contribution in [0.4, 0.5) is 5.69 Å². The highest BCUT2D eigenvalue weighted by molar-refractivity contribution is 7.92. The van der Waals surface area contributed by atoms with Crippen molar-refractivity contribution >= 4 is 15.7 Å². The molecule has 8 heteroatoms. The molecule has 0 aliphatic heterocycles. The number of anilines is 1. The third kappa shape index (κ3) is 4.89. The van der Waals surface area contributed by atoms with E-state index in [1.165, 1.54) is 6.20 Å². The van der Waals surface area contributed by atoms with E-state index in [9.17, 15) is 8.42 Å². The van der Waals surface area contributed by atoms with Gasteiger partial charge in [-0.05, 0) is 56.2 Å². The first-order valence-electron chi connectivity index (χ1n) is 8.77. The van der Waals surface area contributed by atoms with Crippen LogP contribution in [0.5, 0.6) is 11.6 Å². The molecular formula is C21H20N4O3S. The number of hydrogen-bond donors (Lipinski definition) is 1. The Hall–Kier alpha value is -3.44. The zero-order valence-corrected chi connectivity index (χ0v) is 17.3. The number of aryl methyl sites for hydroxylation is 3. The lowest BCUT2D eigenvalue weighted by Gasteiger charge is -2.16. The van der Waals surface area contributed by atoms with Crippen molar-refractivity contribution in [2.45, 2.75) is 20.8 Å². The molecule has 0 aliphatic carbocycles. The van der Waals surface area contributed by atoms with Gasteiger partial charge in [0.15, 0.2) is 0 Å². The number of nitriles is 1. The summed E-state index contributed by atoms with van der Waals surface area (Å²) >= 11 is 0. The maximum atomic E-state index is 11.8. The molecule has 29 heavy (non-hydrogen) atoms. The highest BCUT2D eigenvalue weighted by Crippen LogP contribution is 2.35. The largest absolute Gasteiger partial charge is 0.436 e. The van der Waals surface area contributed by atoms with Crippen molar-refractivity contribution < 1.29 is 13.2 Å². The molecule has 0 atom stereocenters. The predicted octanol–water partition coefficient (Wildman–Crippen LogP) is 4.10. The number of hydrogen-bond acceptors (Lipinski definition) is 6. The highest BCUT2D eigenvalue weighted by atomic mass is 32.2. The van der Waals surface area contributed by atoms with Crippen molar-refractivity contribution in [1.82, 2.24) is 9.97 Å². The smallest absolute Gasteiger partial charge is 0.244 e. The SMILES string of the molecule is Cc1cc(C)c(Oc2nc(-c3ccc(C#N)nc3)ccc2NS(C)(=O)=O)c(C)c1. The van der Waals surface area contributed by atoms with Gasteiger partial charge in [0, 0.05) is 11.8 Å². The van der Waals surface area contributed by atoms with Gasteiger partial charge in [0.2, 0.25) is 15.9 Å². The Bertz CT molecular complexity index is 1190. The number of pyridine rings is 2. The molecule has 2 aromatic heterocycles. The van der Waals surface area contributed by atoms with Crippen molar-refractivity contribution in [3.63, 3.8) is 0 Å². The van der Waals surface area contributed by atoms with Crippen LogP contribution in [-0.2, 0) is 10.0 Å². The van der Waals surface area contributed by atoms with Gasteiger partial charge < -0.3 is 4.74 Å². The zero-order valence-electron chi connectivity index (χ0n) is 16.5. The topological polar surface area (TPSA) is 105 Å². The number of benzene rings is 1. The number of nitrogens with one attached hydrogen (secondary N) is 1. The van der Waals surface area contributed by atoms with Crippen LogP contribution in [0.15, 0.2) is 42.6 Å². The Morgan fingerprint density at radius 1 is 1.07 bits per heavy atom. The maximum Gasteiger partial charge on any atom is 0.244 e. The predicted molar refractivity (Wildman–Crippen MR) is 111 cm³/mol. The van der Waals surface area contributed by atoms with Crippen LogP contribution < -0.4 is 9.46 Å². The minimum absolute atomic E-state index is 0.132. The Morgan fingerprint density at radius 2 is 1.76 bits per heavy atom. The quantitative estimate of drug-likeness (QED) is 0.681. The van der Waals surface area contributed by atoms with Crippen LogP contribution >= 0.6 is 0 Å². The summed E-state index contributed by atoms with van der Waals surface area (Å²) in [5, 5.41) is 8.91. The first-order valence-corrected chi connectivity index (χ1v) is 10.7. The Morgan fingerprint density at radius 3 is 2.31 bits per heavy atom. The maximum absolute atomic E-state index is 11.8. The van der Waals surface area contributed by atoms with Crippen molar-refractivity contribution in [2.75, 3.05) is 11.0 Å². The van der Waals surface area contributed by atoms with Crippen molar-refractivity contribution in [1.29, 1.82) is 5.26 Å². The molecule has 2 heterocycles. The van der Waals surface area contributed by atoms with Gasteiger partial charge in [-0.3, -0.25) is 4.72 Å². The molecule has 3 rings (SSSR count). The van der Waals surface area contributed by atoms with Gasteiger partial charge in [0.05, 0.1) is 11.9 Å². The lowest BCUT2D eigenvalue weighted by atomic mass is 10.1. The number of nitrogens with zero attached hydrogens (tertiary/aromatic N) is 3. The summed E-state index contributed by atoms with van der Waals surface area (Å²) in [6, 6.07) is 12.5. The number of sulfonamides is 1. The first kappa shape index (κ1) is 20.3. The Balaban J connectivity index is 2.09. The molecule has 1 N–H and O–H groups in total. The molecular weight excluding hydrogens is 388 g/mol. The van der Waals surface area contributed by atoms with Crippen LogP contribution in [0.25, 0.3) is 11.3 Å². The van der Waals surface area contributed by atoms with E-state index in [0.717, 1.165) is 22.9 Å². The zero-order chi connectivity index (χ0) is 21.2. The minimum atomic E-state index is -3.52. The highest BCUT2D eigenvalue weighted by Gasteiger charge is 2.16. The minimum Gasteiger partial charge on any atom is -0.436 e. The van der Waals surface area contributed by atoms with E-state index in [1.54, 1.807) is 24.3 Å². The molecule has 0 bridgehead atoms. The van der Waals surface area contributed by atoms with Gasteiger partial charge in [0.25, 0.3) is 0 Å². The summed E-state index contributed by atoms with van der Waals surface area (Å²) in [5.41, 5.74) is 4.69. The van der Waals surface area contributed by atoms with Gasteiger partial charge in [-0.1, -0.05) is 17.7 Å². The number of rotatable bonds is 5. The average molecular weight is 408 g/mol. The van der Waals surface area contributed by atoms with E-state index in [0.29, 0.717) is 22.7 Å². The van der Waals surface area contributed by atoms with Crippen LogP contribution in [0.1, 0.15) is 22.4 Å². The summed E-state index contributed by atoms with van der Waals surface area (Å²) in [7, 11) is -3.52. The van der Waals surface area contributed by atoms with E-state index in [2.05, 4.69) is 14.7 Å². The molecule has 0 saturated carbocycles. The second-order valence-corrected chi connectivity index (χ2v) is 8.55. The lowest BCUT2D eigenvalue weighted by Crippen LogP contribution is -2.11. The van der Waals surface area contributed by atoms with Crippen molar-refractivity contribution in [2.24, 2.45) is 0 Å². The number of ether oxygens (including phenoxy) is 1. The van der Waals surface area contributed by atoms with E-state index < -0.39 is 10.0 Å². The Kier molecular flexibility index (Phi) is 5.52. The van der Waals surface area contributed by atoms with Gasteiger partial charge in [-0.15, -0.1) is 0 Å². The molecule has 0 fully saturated rings. The van der Waals surface area contributed by atoms with Crippen LogP contribution in [0.3, 0.4) is 0 Å². The molecule has 0 radical (unpaired) electrons. The van der Waals surface area contributed by atoms with Gasteiger partial charge in [-0.2, -0.15) is 5.26 Å². The van der Waals surface area contributed by atoms with E-state index in [-0.39, 0.29) is 11.6 Å². The van der Waals surface area contributed by atoms with E-state index in [4.69, 9.17) is 10.00 Å². The molecule has 0 spiro atoms. The molecule has 0 amide bonds. The molecule has 0 unspecified atom stereocenters. The molecule has 3 aromatic rings. The van der Waals surface area contributed by atoms with Crippen LogP contribution in [-0.4, -0.2) is 24.6 Å². The van der Waals surface area contributed by atoms with Gasteiger partial charge >= 0.3 is 0 Å². The summed E-state index contributed by atoms with van der Waals surface area (Å²) in [6.45, 7) is 5.85. The van der Waals surface area contributed by atoms with Crippen LogP contribution in [0, 0.1) is 32.1 Å². The van der Waals surface area contributed by atoms with Crippen molar-refractivity contribution in [3.8, 4) is 29.0 Å². The van der Waals surface area contributed by atoms with Crippen LogP contribution in [0.2, 0.25) is 0 Å². The molecule has 148 valence electrons. The Labute approximate surface area is 170 Å². The average Bonchev–Trinajstić information content (AvgIpc) is 2.64. The fourth-order valence-electron chi connectivity index (χ4n) is 2.99. The standard InChI is InChI=1S/C21H20N4O3S/c1-13-9-14(2)20(15(3)10-13)28-21-19(25-29(4,26)27)8-7-18(24-21)16-5-6-17(11-22)23-12-16/h5-10,12,25H,1-4H3. The van der Waals surface area contributed by atoms with Crippen molar-refractivity contribution in [3.05, 3.63) is 65.0 Å². The normalized spacial score (nSPS) is 11.0. The lowest BCUT2D eigenvalue weighted by molar-refractivity contribution is 0.459. The molecule has 0 saturated heterocycles. The monoisotopic (exact) mass is 408 g/mol. The first-order chi connectivity index (χ1) is 13.7. The second-order valence-electron chi connectivity index (χ2n) is 6.80. The summed E-state index contributed by atoms with van der Waals surface area (Å²) in [4.78, 5) is 8.56. The fraction of sp³-hybridized carbons (Fsp3) is 0.190.